The number of amides is 1. The van der Waals surface area contributed by atoms with E-state index >= 15 is 0 Å². The SMILES string of the molecule is CCCS(=O)(=O)N1CCC(C(=O)Nc2nc(-c3ccc(C)o3)cs2)CC1. The van der Waals surface area contributed by atoms with E-state index < -0.39 is 10.0 Å². The van der Waals surface area contributed by atoms with Crippen molar-refractivity contribution in [2.45, 2.75) is 33.1 Å². The molecular weight excluding hydrogens is 374 g/mol. The van der Waals surface area contributed by atoms with Crippen LogP contribution in [0.4, 0.5) is 5.13 Å². The van der Waals surface area contributed by atoms with Crippen LogP contribution in [0.2, 0.25) is 0 Å². The van der Waals surface area contributed by atoms with Gasteiger partial charge in [-0.1, -0.05) is 6.92 Å². The van der Waals surface area contributed by atoms with Gasteiger partial charge in [0, 0.05) is 24.4 Å². The summed E-state index contributed by atoms with van der Waals surface area (Å²) < 4.78 is 31.2. The Morgan fingerprint density at radius 3 is 2.73 bits per heavy atom. The Hall–Kier alpha value is -1.71. The molecule has 9 heteroatoms. The second kappa shape index (κ2) is 7.89. The van der Waals surface area contributed by atoms with Gasteiger partial charge in [-0.25, -0.2) is 17.7 Å². The maximum Gasteiger partial charge on any atom is 0.229 e. The number of anilines is 1. The standard InChI is InChI=1S/C17H23N3O4S2/c1-3-10-26(22,23)20-8-6-13(7-9-20)16(21)19-17-18-14(11-25-17)15-5-4-12(2)24-15/h4-5,11,13H,3,6-10H2,1-2H3,(H,18,19,21). The van der Waals surface area contributed by atoms with Crippen LogP contribution in [0.25, 0.3) is 11.5 Å². The normalized spacial score (nSPS) is 16.7. The van der Waals surface area contributed by atoms with Crippen molar-refractivity contribution in [2.75, 3.05) is 24.2 Å². The lowest BCUT2D eigenvalue weighted by Crippen LogP contribution is -2.42. The van der Waals surface area contributed by atoms with Crippen molar-refractivity contribution < 1.29 is 17.6 Å². The summed E-state index contributed by atoms with van der Waals surface area (Å²) in [5.41, 5.74) is 0.693. The minimum absolute atomic E-state index is 0.103. The number of nitrogens with one attached hydrogen (secondary N) is 1. The van der Waals surface area contributed by atoms with E-state index in [1.54, 1.807) is 0 Å². The first kappa shape index (κ1) is 19.1. The van der Waals surface area contributed by atoms with Crippen LogP contribution in [0.1, 0.15) is 31.9 Å². The van der Waals surface area contributed by atoms with E-state index in [4.69, 9.17) is 4.42 Å². The fourth-order valence-electron chi connectivity index (χ4n) is 3.01. The van der Waals surface area contributed by atoms with Crippen molar-refractivity contribution in [2.24, 2.45) is 5.92 Å². The summed E-state index contributed by atoms with van der Waals surface area (Å²) in [4.78, 5) is 16.9. The highest BCUT2D eigenvalue weighted by Crippen LogP contribution is 2.28. The van der Waals surface area contributed by atoms with Crippen molar-refractivity contribution in [3.63, 3.8) is 0 Å². The molecular formula is C17H23N3O4S2. The summed E-state index contributed by atoms with van der Waals surface area (Å²) in [5, 5.41) is 5.22. The fraction of sp³-hybridized carbons (Fsp3) is 0.529. The first-order valence-electron chi connectivity index (χ1n) is 8.70. The Morgan fingerprint density at radius 2 is 2.12 bits per heavy atom. The number of sulfonamides is 1. The van der Waals surface area contributed by atoms with Crippen molar-refractivity contribution in [1.82, 2.24) is 9.29 Å². The number of nitrogens with zero attached hydrogens (tertiary/aromatic N) is 2. The molecule has 7 nitrogen and oxygen atoms in total. The number of thiazole rings is 1. The Balaban J connectivity index is 1.56. The Kier molecular flexibility index (Phi) is 5.79. The van der Waals surface area contributed by atoms with Crippen LogP contribution < -0.4 is 5.32 Å². The summed E-state index contributed by atoms with van der Waals surface area (Å²) in [6.07, 6.45) is 1.67. The average molecular weight is 398 g/mol. The number of carbonyl (C=O) groups excluding carboxylic acids is 1. The van der Waals surface area contributed by atoms with E-state index in [0.717, 1.165) is 5.76 Å². The number of rotatable bonds is 6. The molecule has 0 saturated carbocycles. The predicted octanol–water partition coefficient (Wildman–Crippen LogP) is 3.10. The number of piperidine rings is 1. The van der Waals surface area contributed by atoms with E-state index in [9.17, 15) is 13.2 Å². The highest BCUT2D eigenvalue weighted by molar-refractivity contribution is 7.89. The molecule has 0 aromatic carbocycles. The van der Waals surface area contributed by atoms with Gasteiger partial charge in [0.15, 0.2) is 10.9 Å². The molecule has 1 amide bonds. The molecule has 0 aliphatic carbocycles. The van der Waals surface area contributed by atoms with Gasteiger partial charge in [0.2, 0.25) is 15.9 Å². The van der Waals surface area contributed by atoms with E-state index in [0.29, 0.717) is 48.9 Å². The molecule has 1 aliphatic heterocycles. The molecule has 1 N–H and O–H groups in total. The molecule has 0 atom stereocenters. The van der Waals surface area contributed by atoms with E-state index in [-0.39, 0.29) is 17.6 Å². The van der Waals surface area contributed by atoms with Gasteiger partial charge in [-0.3, -0.25) is 4.79 Å². The number of aryl methyl sites for hydroxylation is 1. The first-order chi connectivity index (χ1) is 12.4. The lowest BCUT2D eigenvalue weighted by molar-refractivity contribution is -0.120. The lowest BCUT2D eigenvalue weighted by atomic mass is 9.97. The van der Waals surface area contributed by atoms with Gasteiger partial charge < -0.3 is 9.73 Å². The third kappa shape index (κ3) is 4.33. The zero-order chi connectivity index (χ0) is 18.7. The molecule has 2 aromatic rings. The van der Waals surface area contributed by atoms with Crippen LogP contribution in [-0.4, -0.2) is 42.5 Å². The summed E-state index contributed by atoms with van der Waals surface area (Å²) in [5.74, 6) is 1.35. The van der Waals surface area contributed by atoms with Crippen molar-refractivity contribution in [3.8, 4) is 11.5 Å². The molecule has 1 saturated heterocycles. The minimum atomic E-state index is -3.19. The van der Waals surface area contributed by atoms with Crippen LogP contribution in [0.5, 0.6) is 0 Å². The van der Waals surface area contributed by atoms with E-state index in [2.05, 4.69) is 10.3 Å². The molecule has 1 fully saturated rings. The topological polar surface area (TPSA) is 92.5 Å². The molecule has 0 spiro atoms. The van der Waals surface area contributed by atoms with Gasteiger partial charge in [0.25, 0.3) is 0 Å². The van der Waals surface area contributed by atoms with E-state index in [1.165, 1.54) is 15.6 Å². The van der Waals surface area contributed by atoms with Gasteiger partial charge >= 0.3 is 0 Å². The number of aromatic nitrogens is 1. The second-order valence-electron chi connectivity index (χ2n) is 6.43. The number of hydrogen-bond acceptors (Lipinski definition) is 6. The molecule has 142 valence electrons. The van der Waals surface area contributed by atoms with Gasteiger partial charge in [0.1, 0.15) is 11.5 Å². The predicted molar refractivity (Wildman–Crippen MR) is 102 cm³/mol. The Morgan fingerprint density at radius 1 is 1.38 bits per heavy atom. The number of furan rings is 1. The second-order valence-corrected chi connectivity index (χ2v) is 9.37. The molecule has 3 rings (SSSR count). The molecule has 0 bridgehead atoms. The Bertz CT molecular complexity index is 864. The molecule has 1 aliphatic rings. The maximum absolute atomic E-state index is 12.5. The summed E-state index contributed by atoms with van der Waals surface area (Å²) in [6.45, 7) is 4.51. The third-order valence-electron chi connectivity index (χ3n) is 4.41. The maximum atomic E-state index is 12.5. The molecule has 2 aromatic heterocycles. The van der Waals surface area contributed by atoms with Crippen LogP contribution >= 0.6 is 11.3 Å². The molecule has 0 radical (unpaired) electrons. The highest BCUT2D eigenvalue weighted by atomic mass is 32.2. The zero-order valence-electron chi connectivity index (χ0n) is 14.9. The van der Waals surface area contributed by atoms with Crippen LogP contribution in [-0.2, 0) is 14.8 Å². The summed E-state index contributed by atoms with van der Waals surface area (Å²) >= 11 is 1.35. The third-order valence-corrected chi connectivity index (χ3v) is 7.24. The lowest BCUT2D eigenvalue weighted by Gasteiger charge is -2.30. The van der Waals surface area contributed by atoms with Gasteiger partial charge in [0.05, 0.1) is 5.75 Å². The van der Waals surface area contributed by atoms with Crippen LogP contribution in [0.15, 0.2) is 21.9 Å². The molecule has 3 heterocycles. The smallest absolute Gasteiger partial charge is 0.229 e. The largest absolute Gasteiger partial charge is 0.460 e. The van der Waals surface area contributed by atoms with Crippen LogP contribution in [0.3, 0.4) is 0 Å². The minimum Gasteiger partial charge on any atom is -0.460 e. The summed E-state index contributed by atoms with van der Waals surface area (Å²) in [7, 11) is -3.19. The van der Waals surface area contributed by atoms with Gasteiger partial charge in [-0.05, 0) is 38.3 Å². The number of carbonyl (C=O) groups is 1. The number of hydrogen-bond donors (Lipinski definition) is 1. The zero-order valence-corrected chi connectivity index (χ0v) is 16.5. The van der Waals surface area contributed by atoms with Crippen molar-refractivity contribution >= 4 is 32.4 Å². The van der Waals surface area contributed by atoms with Crippen molar-refractivity contribution in [3.05, 3.63) is 23.3 Å². The average Bonchev–Trinajstić information content (AvgIpc) is 3.24. The van der Waals surface area contributed by atoms with Crippen LogP contribution in [0, 0.1) is 12.8 Å². The van der Waals surface area contributed by atoms with E-state index in [1.807, 2.05) is 31.4 Å². The van der Waals surface area contributed by atoms with Gasteiger partial charge in [-0.15, -0.1) is 11.3 Å². The quantitative estimate of drug-likeness (QED) is 0.808. The van der Waals surface area contributed by atoms with Crippen molar-refractivity contribution in [1.29, 1.82) is 0 Å². The molecule has 26 heavy (non-hydrogen) atoms. The van der Waals surface area contributed by atoms with Gasteiger partial charge in [-0.2, -0.15) is 0 Å². The first-order valence-corrected chi connectivity index (χ1v) is 11.2. The highest BCUT2D eigenvalue weighted by Gasteiger charge is 2.30. The summed E-state index contributed by atoms with van der Waals surface area (Å²) in [6, 6.07) is 3.72. The fourth-order valence-corrected chi connectivity index (χ4v) is 5.25. The Labute approximate surface area is 157 Å². The monoisotopic (exact) mass is 397 g/mol. The molecule has 0 unspecified atom stereocenters.